The van der Waals surface area contributed by atoms with Crippen LogP contribution in [0.4, 0.5) is 10.1 Å². The van der Waals surface area contributed by atoms with E-state index in [1.807, 2.05) is 0 Å². The molecule has 10 heteroatoms. The lowest BCUT2D eigenvalue weighted by Crippen LogP contribution is -2.38. The van der Waals surface area contributed by atoms with Crippen molar-refractivity contribution in [2.45, 2.75) is 16.3 Å². The van der Waals surface area contributed by atoms with Gasteiger partial charge in [0, 0.05) is 24.2 Å². The van der Waals surface area contributed by atoms with Crippen molar-refractivity contribution < 1.29 is 27.5 Å². The fourth-order valence-electron chi connectivity index (χ4n) is 2.64. The minimum Gasteiger partial charge on any atom is -0.479 e. The van der Waals surface area contributed by atoms with Crippen LogP contribution in [-0.4, -0.2) is 49.1 Å². The van der Waals surface area contributed by atoms with E-state index in [4.69, 9.17) is 5.11 Å². The van der Waals surface area contributed by atoms with Gasteiger partial charge >= 0.3 is 5.97 Å². The molecule has 0 saturated carbocycles. The van der Waals surface area contributed by atoms with Gasteiger partial charge in [0.25, 0.3) is 15.9 Å². The molecular formula is C16H15FN2O5S2. The van der Waals surface area contributed by atoms with Gasteiger partial charge < -0.3 is 10.0 Å². The van der Waals surface area contributed by atoms with Crippen LogP contribution in [0.3, 0.4) is 0 Å². The average molecular weight is 398 g/mol. The zero-order valence-corrected chi connectivity index (χ0v) is 15.0. The highest BCUT2D eigenvalue weighted by molar-refractivity contribution is 7.94. The second-order valence-corrected chi connectivity index (χ2v) is 8.72. The number of likely N-dealkylation sites (tertiary alicyclic amines) is 1. The van der Waals surface area contributed by atoms with Crippen molar-refractivity contribution in [3.63, 3.8) is 0 Å². The van der Waals surface area contributed by atoms with Crippen LogP contribution in [0.2, 0.25) is 0 Å². The zero-order valence-electron chi connectivity index (χ0n) is 13.4. The van der Waals surface area contributed by atoms with Crippen molar-refractivity contribution in [2.24, 2.45) is 0 Å². The van der Waals surface area contributed by atoms with Crippen LogP contribution in [0.5, 0.6) is 0 Å². The summed E-state index contributed by atoms with van der Waals surface area (Å²) in [6.45, 7) is -0.556. The van der Waals surface area contributed by atoms with E-state index >= 15 is 0 Å². The number of aliphatic carboxylic acids is 1. The van der Waals surface area contributed by atoms with Crippen LogP contribution in [0.1, 0.15) is 16.8 Å². The van der Waals surface area contributed by atoms with Crippen molar-refractivity contribution in [1.29, 1.82) is 0 Å². The average Bonchev–Trinajstić information content (AvgIpc) is 3.25. The van der Waals surface area contributed by atoms with Gasteiger partial charge in [-0.15, -0.1) is 11.3 Å². The first kappa shape index (κ1) is 18.3. The third-order valence-electron chi connectivity index (χ3n) is 4.01. The standard InChI is InChI=1S/C16H15FN2O5S2/c17-16(15(21)22)6-7-19(10-16)14(20)11-3-1-4-12(9-11)18-26(23,24)13-5-2-8-25-13/h1-5,8-9,18H,6-7,10H2,(H,21,22). The predicted octanol–water partition coefficient (Wildman–Crippen LogP) is 2.19. The largest absolute Gasteiger partial charge is 0.479 e. The molecule has 1 aliphatic heterocycles. The highest BCUT2D eigenvalue weighted by Gasteiger charge is 2.47. The topological polar surface area (TPSA) is 104 Å². The number of nitrogens with zero attached hydrogens (tertiary/aromatic N) is 1. The molecule has 2 aromatic rings. The molecule has 26 heavy (non-hydrogen) atoms. The predicted molar refractivity (Wildman–Crippen MR) is 93.6 cm³/mol. The second kappa shape index (κ2) is 6.69. The molecule has 1 aliphatic rings. The fraction of sp³-hybridized carbons (Fsp3) is 0.250. The second-order valence-electron chi connectivity index (χ2n) is 5.87. The summed E-state index contributed by atoms with van der Waals surface area (Å²) < 4.78 is 41.2. The number of benzene rings is 1. The highest BCUT2D eigenvalue weighted by Crippen LogP contribution is 2.28. The van der Waals surface area contributed by atoms with Gasteiger partial charge in [-0.05, 0) is 29.6 Å². The van der Waals surface area contributed by atoms with Gasteiger partial charge in [0.2, 0.25) is 5.67 Å². The molecule has 138 valence electrons. The Hall–Kier alpha value is -2.46. The number of sulfonamides is 1. The van der Waals surface area contributed by atoms with Crippen molar-refractivity contribution in [3.8, 4) is 0 Å². The lowest BCUT2D eigenvalue weighted by molar-refractivity contribution is -0.149. The number of amides is 1. The zero-order chi connectivity index (χ0) is 18.9. The van der Waals surface area contributed by atoms with Crippen LogP contribution in [-0.2, 0) is 14.8 Å². The first-order valence-corrected chi connectivity index (χ1v) is 9.95. The molecule has 2 N–H and O–H groups in total. The fourth-order valence-corrected chi connectivity index (χ4v) is 4.68. The van der Waals surface area contributed by atoms with Gasteiger partial charge in [-0.2, -0.15) is 0 Å². The monoisotopic (exact) mass is 398 g/mol. The summed E-state index contributed by atoms with van der Waals surface area (Å²) in [5.41, 5.74) is -2.12. The van der Waals surface area contributed by atoms with E-state index < -0.39 is 34.1 Å². The molecule has 1 fully saturated rings. The van der Waals surface area contributed by atoms with Gasteiger partial charge in [-0.3, -0.25) is 9.52 Å². The molecule has 0 radical (unpaired) electrons. The van der Waals surface area contributed by atoms with Crippen molar-refractivity contribution in [2.75, 3.05) is 17.8 Å². The van der Waals surface area contributed by atoms with E-state index in [-0.39, 0.29) is 28.4 Å². The van der Waals surface area contributed by atoms with E-state index in [0.717, 1.165) is 16.2 Å². The van der Waals surface area contributed by atoms with Gasteiger partial charge in [0.1, 0.15) is 4.21 Å². The van der Waals surface area contributed by atoms with E-state index in [1.54, 1.807) is 11.4 Å². The number of carbonyl (C=O) groups excluding carboxylic acids is 1. The van der Waals surface area contributed by atoms with E-state index in [1.165, 1.54) is 30.3 Å². The van der Waals surface area contributed by atoms with E-state index in [0.29, 0.717) is 0 Å². The summed E-state index contributed by atoms with van der Waals surface area (Å²) in [5.74, 6) is -2.15. The van der Waals surface area contributed by atoms with Crippen molar-refractivity contribution in [3.05, 3.63) is 47.3 Å². The molecule has 0 spiro atoms. The number of alkyl halides is 1. The Bertz CT molecular complexity index is 945. The van der Waals surface area contributed by atoms with Crippen LogP contribution in [0, 0.1) is 0 Å². The maximum atomic E-state index is 14.1. The highest BCUT2D eigenvalue weighted by atomic mass is 32.2. The van der Waals surface area contributed by atoms with Crippen LogP contribution < -0.4 is 4.72 Å². The van der Waals surface area contributed by atoms with Gasteiger partial charge in [-0.1, -0.05) is 12.1 Å². The van der Waals surface area contributed by atoms with Gasteiger partial charge in [0.05, 0.1) is 6.54 Å². The molecule has 0 bridgehead atoms. The summed E-state index contributed by atoms with van der Waals surface area (Å²) >= 11 is 1.06. The number of carboxylic acid groups (broad SMARTS) is 1. The first-order valence-electron chi connectivity index (χ1n) is 7.59. The summed E-state index contributed by atoms with van der Waals surface area (Å²) in [5, 5.41) is 10.5. The summed E-state index contributed by atoms with van der Waals surface area (Å²) in [6.07, 6.45) is -0.279. The lowest BCUT2D eigenvalue weighted by Gasteiger charge is -2.18. The molecule has 1 amide bonds. The molecule has 1 unspecified atom stereocenters. The Labute approximate surface area is 153 Å². The quantitative estimate of drug-likeness (QED) is 0.804. The molecule has 1 aromatic heterocycles. The number of hydrogen-bond acceptors (Lipinski definition) is 5. The molecule has 1 saturated heterocycles. The minimum atomic E-state index is -3.76. The Balaban J connectivity index is 1.78. The Kier molecular flexibility index (Phi) is 4.72. The van der Waals surface area contributed by atoms with Crippen LogP contribution >= 0.6 is 11.3 Å². The van der Waals surface area contributed by atoms with Crippen molar-refractivity contribution >= 4 is 38.9 Å². The van der Waals surface area contributed by atoms with Crippen LogP contribution in [0.25, 0.3) is 0 Å². The normalized spacial score (nSPS) is 20.1. The number of thiophene rings is 1. The van der Waals surface area contributed by atoms with Crippen LogP contribution in [0.15, 0.2) is 46.0 Å². The Morgan fingerprint density at radius 3 is 2.65 bits per heavy atom. The Morgan fingerprint density at radius 1 is 1.27 bits per heavy atom. The van der Waals surface area contributed by atoms with E-state index in [9.17, 15) is 22.4 Å². The number of carbonyl (C=O) groups is 2. The molecular weight excluding hydrogens is 383 g/mol. The summed E-state index contributed by atoms with van der Waals surface area (Å²) in [6, 6.07) is 8.85. The first-order chi connectivity index (χ1) is 12.2. The molecule has 0 aliphatic carbocycles. The third-order valence-corrected chi connectivity index (χ3v) is 6.79. The summed E-state index contributed by atoms with van der Waals surface area (Å²) in [7, 11) is -3.76. The smallest absolute Gasteiger partial charge is 0.343 e. The molecule has 7 nitrogen and oxygen atoms in total. The number of nitrogens with one attached hydrogen (secondary N) is 1. The van der Waals surface area contributed by atoms with Gasteiger partial charge in [-0.25, -0.2) is 17.6 Å². The van der Waals surface area contributed by atoms with Gasteiger partial charge in [0.15, 0.2) is 0 Å². The minimum absolute atomic E-state index is 0.0210. The maximum Gasteiger partial charge on any atom is 0.343 e. The SMILES string of the molecule is O=C(c1cccc(NS(=O)(=O)c2cccs2)c1)N1CCC(F)(C(=O)O)C1. The molecule has 3 rings (SSSR count). The number of halogens is 1. The maximum absolute atomic E-state index is 14.1. The van der Waals surface area contributed by atoms with Crippen molar-refractivity contribution in [1.82, 2.24) is 4.90 Å². The number of carboxylic acids is 1. The molecule has 1 atom stereocenters. The molecule has 1 aromatic carbocycles. The number of anilines is 1. The number of rotatable bonds is 5. The number of hydrogen-bond donors (Lipinski definition) is 2. The summed E-state index contributed by atoms with van der Waals surface area (Å²) in [4.78, 5) is 24.6. The molecule has 2 heterocycles. The Morgan fingerprint density at radius 2 is 2.04 bits per heavy atom. The van der Waals surface area contributed by atoms with E-state index in [2.05, 4.69) is 4.72 Å². The lowest BCUT2D eigenvalue weighted by atomic mass is 10.1. The third kappa shape index (κ3) is 3.56.